The number of nitrogens with one attached hydrogen (secondary N) is 1. The van der Waals surface area contributed by atoms with Crippen LogP contribution in [0.25, 0.3) is 0 Å². The Labute approximate surface area is 154 Å². The van der Waals surface area contributed by atoms with E-state index in [1.165, 1.54) is 23.5 Å². The van der Waals surface area contributed by atoms with Crippen molar-refractivity contribution in [2.45, 2.75) is 18.9 Å². The van der Waals surface area contributed by atoms with Crippen LogP contribution in [0.1, 0.15) is 29.5 Å². The van der Waals surface area contributed by atoms with E-state index in [1.807, 2.05) is 0 Å². The van der Waals surface area contributed by atoms with E-state index < -0.39 is 11.4 Å². The van der Waals surface area contributed by atoms with Crippen LogP contribution in [0.2, 0.25) is 5.15 Å². The van der Waals surface area contributed by atoms with Crippen molar-refractivity contribution in [2.75, 3.05) is 12.4 Å². The van der Waals surface area contributed by atoms with E-state index in [4.69, 9.17) is 17.3 Å². The Bertz CT molecular complexity index is 900. The predicted octanol–water partition coefficient (Wildman–Crippen LogP) is 1.17. The fourth-order valence-corrected chi connectivity index (χ4v) is 2.58. The van der Waals surface area contributed by atoms with Crippen LogP contribution in [-0.2, 0) is 10.3 Å². The van der Waals surface area contributed by atoms with Gasteiger partial charge in [0.05, 0.1) is 24.5 Å². The maximum atomic E-state index is 12.3. The molecule has 3 rings (SSSR count). The first-order valence-corrected chi connectivity index (χ1v) is 8.03. The van der Waals surface area contributed by atoms with Crippen LogP contribution in [0, 0.1) is 0 Å². The van der Waals surface area contributed by atoms with Crippen molar-refractivity contribution in [2.24, 2.45) is 10.7 Å². The number of hydrogen-bond donors (Lipinski definition) is 2. The molecule has 0 spiro atoms. The van der Waals surface area contributed by atoms with Crippen LogP contribution in [0.15, 0.2) is 35.7 Å². The Morgan fingerprint density at radius 3 is 2.77 bits per heavy atom. The van der Waals surface area contributed by atoms with Gasteiger partial charge in [0.25, 0.3) is 5.91 Å². The largest absolute Gasteiger partial charge is 0.369 e. The number of pyridine rings is 1. The van der Waals surface area contributed by atoms with E-state index in [9.17, 15) is 9.59 Å². The van der Waals surface area contributed by atoms with Gasteiger partial charge in [-0.2, -0.15) is 0 Å². The highest BCUT2D eigenvalue weighted by Gasteiger charge is 2.37. The minimum atomic E-state index is -0.908. The quantitative estimate of drug-likeness (QED) is 0.831. The molecule has 2 amide bonds. The molecular weight excluding hydrogens is 358 g/mol. The smallest absolute Gasteiger partial charge is 0.275 e. The maximum Gasteiger partial charge on any atom is 0.275 e. The second-order valence-electron chi connectivity index (χ2n) is 5.98. The number of carbonyl (C=O) groups excluding carboxylic acids is 2. The number of guanidine groups is 1. The van der Waals surface area contributed by atoms with Crippen molar-refractivity contribution in [3.63, 3.8) is 0 Å². The summed E-state index contributed by atoms with van der Waals surface area (Å²) in [4.78, 5) is 42.1. The van der Waals surface area contributed by atoms with Crippen LogP contribution in [0.5, 0.6) is 0 Å². The summed E-state index contributed by atoms with van der Waals surface area (Å²) >= 11 is 5.67. The molecule has 26 heavy (non-hydrogen) atoms. The summed E-state index contributed by atoms with van der Waals surface area (Å²) in [5, 5.41) is 2.90. The maximum absolute atomic E-state index is 12.3. The molecule has 10 heteroatoms. The minimum Gasteiger partial charge on any atom is -0.369 e. The number of carbonyl (C=O) groups is 2. The Kier molecular flexibility index (Phi) is 4.56. The molecule has 134 valence electrons. The molecule has 1 aliphatic rings. The van der Waals surface area contributed by atoms with Gasteiger partial charge < -0.3 is 11.1 Å². The van der Waals surface area contributed by atoms with Crippen molar-refractivity contribution in [3.05, 3.63) is 47.3 Å². The minimum absolute atomic E-state index is 0.121. The van der Waals surface area contributed by atoms with Crippen molar-refractivity contribution in [1.29, 1.82) is 0 Å². The molecule has 0 bridgehead atoms. The first-order chi connectivity index (χ1) is 12.3. The molecular formula is C16H16ClN7O2. The average Bonchev–Trinajstić information content (AvgIpc) is 2.60. The Morgan fingerprint density at radius 2 is 2.12 bits per heavy atom. The highest BCUT2D eigenvalue weighted by Crippen LogP contribution is 2.32. The molecule has 0 saturated heterocycles. The molecule has 9 nitrogen and oxygen atoms in total. The number of amides is 2. The van der Waals surface area contributed by atoms with Crippen LogP contribution in [-0.4, -0.2) is 44.7 Å². The van der Waals surface area contributed by atoms with E-state index >= 15 is 0 Å². The monoisotopic (exact) mass is 373 g/mol. The number of aliphatic imine (C=N–C) groups is 1. The Hall–Kier alpha value is -3.07. The summed E-state index contributed by atoms with van der Waals surface area (Å²) in [6.45, 7) is 1.77. The summed E-state index contributed by atoms with van der Waals surface area (Å²) in [6.07, 6.45) is 4.22. The topological polar surface area (TPSA) is 126 Å². The third-order valence-electron chi connectivity index (χ3n) is 4.00. The zero-order valence-corrected chi connectivity index (χ0v) is 14.9. The standard InChI is InChI=1S/C16H16ClN7O2/c1-16(6-13(25)24(2)15(18)23-16)11-5-9(3-4-19-11)22-14(26)10-7-21-12(17)8-20-10/h3-5,7-8H,6H2,1-2H3,(H2,18,23)(H,19,22,26). The molecule has 0 fully saturated rings. The van der Waals surface area contributed by atoms with Gasteiger partial charge >= 0.3 is 0 Å². The molecule has 0 radical (unpaired) electrons. The summed E-state index contributed by atoms with van der Waals surface area (Å²) in [7, 11) is 1.57. The van der Waals surface area contributed by atoms with E-state index in [1.54, 1.807) is 26.1 Å². The SMILES string of the molecule is CN1C(=O)CC(C)(c2cc(NC(=O)c3cnc(Cl)cn3)ccn2)N=C1N. The van der Waals surface area contributed by atoms with Crippen molar-refractivity contribution in [3.8, 4) is 0 Å². The van der Waals surface area contributed by atoms with Crippen LogP contribution >= 0.6 is 11.6 Å². The summed E-state index contributed by atoms with van der Waals surface area (Å²) < 4.78 is 0. The van der Waals surface area contributed by atoms with Gasteiger partial charge in [0, 0.05) is 18.9 Å². The highest BCUT2D eigenvalue weighted by molar-refractivity contribution is 6.29. The van der Waals surface area contributed by atoms with Crippen molar-refractivity contribution in [1.82, 2.24) is 19.9 Å². The first-order valence-electron chi connectivity index (χ1n) is 7.66. The van der Waals surface area contributed by atoms with Gasteiger partial charge in [-0.15, -0.1) is 0 Å². The molecule has 1 unspecified atom stereocenters. The fourth-order valence-electron chi connectivity index (χ4n) is 2.48. The fraction of sp³-hybridized carbons (Fsp3) is 0.250. The summed E-state index contributed by atoms with van der Waals surface area (Å²) in [5.74, 6) is -0.483. The molecule has 0 aromatic carbocycles. The van der Waals surface area contributed by atoms with E-state index in [2.05, 4.69) is 25.3 Å². The number of anilines is 1. The number of nitrogens with two attached hydrogens (primary N) is 1. The molecule has 2 aromatic heterocycles. The number of hydrogen-bond acceptors (Lipinski definition) is 7. The van der Waals surface area contributed by atoms with Gasteiger partial charge in [0.2, 0.25) is 5.91 Å². The van der Waals surface area contributed by atoms with Gasteiger partial charge in [-0.1, -0.05) is 11.6 Å². The molecule has 2 aromatic rings. The lowest BCUT2D eigenvalue weighted by molar-refractivity contribution is -0.128. The normalized spacial score (nSPS) is 19.9. The third kappa shape index (κ3) is 3.47. The number of nitrogens with zero attached hydrogens (tertiary/aromatic N) is 5. The van der Waals surface area contributed by atoms with Gasteiger partial charge in [-0.05, 0) is 19.1 Å². The van der Waals surface area contributed by atoms with Crippen LogP contribution in [0.3, 0.4) is 0 Å². The molecule has 3 N–H and O–H groups in total. The van der Waals surface area contributed by atoms with Gasteiger partial charge in [-0.25, -0.2) is 15.0 Å². The molecule has 3 heterocycles. The lowest BCUT2D eigenvalue weighted by Gasteiger charge is -2.32. The summed E-state index contributed by atoms with van der Waals surface area (Å²) in [6, 6.07) is 3.27. The second-order valence-corrected chi connectivity index (χ2v) is 6.37. The van der Waals surface area contributed by atoms with Crippen LogP contribution in [0.4, 0.5) is 5.69 Å². The number of rotatable bonds is 3. The predicted molar refractivity (Wildman–Crippen MR) is 95.6 cm³/mol. The lowest BCUT2D eigenvalue weighted by Crippen LogP contribution is -2.47. The number of halogens is 1. The highest BCUT2D eigenvalue weighted by atomic mass is 35.5. The Morgan fingerprint density at radius 1 is 1.35 bits per heavy atom. The molecule has 1 aliphatic heterocycles. The van der Waals surface area contributed by atoms with E-state index in [0.29, 0.717) is 11.4 Å². The zero-order valence-electron chi connectivity index (χ0n) is 14.1. The number of aromatic nitrogens is 3. The van der Waals surface area contributed by atoms with Crippen molar-refractivity contribution >= 4 is 35.1 Å². The van der Waals surface area contributed by atoms with Gasteiger partial charge in [0.15, 0.2) is 5.96 Å². The van der Waals surface area contributed by atoms with Crippen molar-refractivity contribution < 1.29 is 9.59 Å². The second kappa shape index (κ2) is 6.68. The molecule has 0 aliphatic carbocycles. The average molecular weight is 374 g/mol. The Balaban J connectivity index is 1.85. The van der Waals surface area contributed by atoms with E-state index in [-0.39, 0.29) is 29.1 Å². The zero-order chi connectivity index (χ0) is 18.9. The van der Waals surface area contributed by atoms with E-state index in [0.717, 1.165) is 0 Å². The van der Waals surface area contributed by atoms with Gasteiger partial charge in [-0.3, -0.25) is 19.5 Å². The third-order valence-corrected chi connectivity index (χ3v) is 4.19. The van der Waals surface area contributed by atoms with Crippen LogP contribution < -0.4 is 11.1 Å². The van der Waals surface area contributed by atoms with Gasteiger partial charge in [0.1, 0.15) is 16.4 Å². The molecule has 1 atom stereocenters. The molecule has 0 saturated carbocycles. The summed E-state index contributed by atoms with van der Waals surface area (Å²) in [5.41, 5.74) is 6.03. The lowest BCUT2D eigenvalue weighted by atomic mass is 9.91. The first kappa shape index (κ1) is 17.7.